The average Bonchev–Trinajstić information content (AvgIpc) is 3.20. The van der Waals surface area contributed by atoms with Gasteiger partial charge in [0, 0.05) is 31.7 Å². The number of nitrogens with one attached hydrogen (secondary N) is 5. The van der Waals surface area contributed by atoms with Crippen LogP contribution in [0.25, 0.3) is 0 Å². The molecular formula is C40H72N8O12. The van der Waals surface area contributed by atoms with Crippen molar-refractivity contribution < 1.29 is 58.6 Å². The minimum absolute atomic E-state index is 0.0552. The molecule has 0 radical (unpaired) electrons. The third-order valence-electron chi connectivity index (χ3n) is 10.3. The summed E-state index contributed by atoms with van der Waals surface area (Å²) in [5.74, 6) is -2.20. The largest absolute Gasteiger partial charge is 0.508 e. The molecule has 0 aliphatic carbocycles. The van der Waals surface area contributed by atoms with Gasteiger partial charge in [0.05, 0.1) is 0 Å². The summed E-state index contributed by atoms with van der Waals surface area (Å²) in [4.78, 5) is 81.6. The van der Waals surface area contributed by atoms with Crippen molar-refractivity contribution in [2.75, 3.05) is 7.05 Å². The summed E-state index contributed by atoms with van der Waals surface area (Å²) in [7, 11) is 1.71. The van der Waals surface area contributed by atoms with Gasteiger partial charge in [0.2, 0.25) is 17.7 Å². The summed E-state index contributed by atoms with van der Waals surface area (Å²) >= 11 is 0. The maximum absolute atomic E-state index is 13.8. The van der Waals surface area contributed by atoms with E-state index in [4.69, 9.17) is 39.7 Å². The van der Waals surface area contributed by atoms with Crippen LogP contribution >= 0.6 is 0 Å². The molecule has 12 atom stereocenters. The summed E-state index contributed by atoms with van der Waals surface area (Å²) in [6.07, 6.45) is -4.65. The van der Waals surface area contributed by atoms with Crippen molar-refractivity contribution in [2.24, 2.45) is 29.4 Å². The minimum Gasteiger partial charge on any atom is -0.508 e. The summed E-state index contributed by atoms with van der Waals surface area (Å²) in [5.41, 5.74) is 15.1. The Hall–Kier alpha value is -3.09. The summed E-state index contributed by atoms with van der Waals surface area (Å²) in [6.45, 7) is 16.9. The Bertz CT molecular complexity index is 1430. The van der Waals surface area contributed by atoms with E-state index < -0.39 is 79.4 Å². The van der Waals surface area contributed by atoms with E-state index in [1.807, 2.05) is 41.5 Å². The molecule has 3 amide bonds. The third-order valence-corrected chi connectivity index (χ3v) is 10.3. The maximum Gasteiger partial charge on any atom is 0.244 e. The zero-order valence-electron chi connectivity index (χ0n) is 36.9. The second kappa shape index (κ2) is 25.8. The fraction of sp³-hybridized carbons (Fsp3) is 0.775. The minimum atomic E-state index is -1.25. The van der Waals surface area contributed by atoms with Crippen LogP contribution in [0.5, 0.6) is 5.75 Å². The number of aromatic hydroxyl groups is 1. The number of carbonyl (C=O) groups excluding carboxylic acids is 3. The molecule has 2 bridgehead atoms. The van der Waals surface area contributed by atoms with Gasteiger partial charge in [-0.05, 0) is 75.0 Å². The normalized spacial score (nSPS) is 29.7. The first-order valence-corrected chi connectivity index (χ1v) is 21.2. The predicted octanol–water partition coefficient (Wildman–Crippen LogP) is 2.68. The van der Waals surface area contributed by atoms with Crippen molar-refractivity contribution in [2.45, 2.75) is 169 Å². The highest BCUT2D eigenvalue weighted by Crippen LogP contribution is 2.28. The number of rotatable bonds is 15. The molecular weight excluding hydrogens is 784 g/mol. The Morgan fingerprint density at radius 2 is 1.58 bits per heavy atom. The van der Waals surface area contributed by atoms with Gasteiger partial charge in [-0.1, -0.05) is 67.5 Å². The first kappa shape index (κ1) is 51.3. The number of hydrogen-bond acceptors (Lipinski definition) is 17. The number of phenolic OH excluding ortho intramolecular Hbond substituents is 1. The third kappa shape index (κ3) is 17.0. The summed E-state index contributed by atoms with van der Waals surface area (Å²) in [6, 6.07) is 5.59. The molecule has 2 saturated heterocycles. The number of fused-ring (bicyclic) bond motifs is 2. The molecule has 0 spiro atoms. The van der Waals surface area contributed by atoms with Gasteiger partial charge in [-0.25, -0.2) is 9.78 Å². The lowest BCUT2D eigenvalue weighted by molar-refractivity contribution is -0.421. The van der Waals surface area contributed by atoms with Crippen LogP contribution in [0.3, 0.4) is 0 Å². The number of hydrogen-bond donors (Lipinski definition) is 8. The highest BCUT2D eigenvalue weighted by atomic mass is 17.2. The number of likely N-dealkylation sites (N-methyl/N-ethyl adjacent to an activating group) is 1. The highest BCUT2D eigenvalue weighted by Gasteiger charge is 2.39. The Morgan fingerprint density at radius 3 is 2.20 bits per heavy atom. The Kier molecular flexibility index (Phi) is 22.0. The van der Waals surface area contributed by atoms with E-state index in [0.717, 1.165) is 5.56 Å². The zero-order chi connectivity index (χ0) is 44.5. The number of phenols is 1. The van der Waals surface area contributed by atoms with E-state index in [0.29, 0.717) is 32.1 Å². The van der Waals surface area contributed by atoms with Gasteiger partial charge in [0.1, 0.15) is 24.1 Å². The number of aliphatic hydroxyl groups is 1. The SMILES string of the molecule is CCC(C)[C@H]1NO[C@@H](Cc2ccc(O)cc2)N(C)O[C@@H](C(C)CC)N2O[C@@H](CC[C@H]2O)NO[C@@H](CC(C)C)NO[C@H](NC(=O)[C@H](CCC(N)=O)NC(=O)C(C)C)[C@@H](C)OO1. The van der Waals surface area contributed by atoms with Crippen LogP contribution in [0.2, 0.25) is 0 Å². The second-order valence-electron chi connectivity index (χ2n) is 16.4. The van der Waals surface area contributed by atoms with Crippen LogP contribution in [-0.4, -0.2) is 101 Å². The molecule has 0 saturated carbocycles. The number of benzene rings is 1. The number of primary amides is 1. The lowest BCUT2D eigenvalue weighted by atomic mass is 10.1. The molecule has 20 nitrogen and oxygen atoms in total. The number of hydroxylamine groups is 7. The van der Waals surface area contributed by atoms with Crippen molar-refractivity contribution >= 4 is 17.7 Å². The molecule has 344 valence electrons. The van der Waals surface area contributed by atoms with E-state index in [-0.39, 0.29) is 42.8 Å². The molecule has 2 fully saturated rings. The highest BCUT2D eigenvalue weighted by molar-refractivity contribution is 5.88. The number of nitrogens with zero attached hydrogens (tertiary/aromatic N) is 2. The molecule has 3 rings (SSSR count). The van der Waals surface area contributed by atoms with Crippen LogP contribution < -0.4 is 32.8 Å². The standard InChI is InChI=1S/C40H72N8O12/c1-11-25(7)38-46-55-35(22-28-13-15-29(49)16-14-28)47(10)58-40(26(8)12-2)48-34(51)20-19-32(57-48)44-54-33(21-23(3)4)45-56-39(27(9)59-60-38)43-37(53)30(17-18-31(41)50)42-36(52)24(5)6/h13-16,23-27,30,32-35,38-40,44-46,49,51H,11-12,17-22H2,1-10H3,(H2,41,50)(H,42,52)(H,43,53)/t25?,26?,27-,30+,32+,33+,34-,35+,38+,39+,40+/m1/s1. The van der Waals surface area contributed by atoms with Gasteiger partial charge in [-0.15, -0.1) is 5.06 Å². The summed E-state index contributed by atoms with van der Waals surface area (Å²) in [5, 5.41) is 29.6. The first-order chi connectivity index (χ1) is 28.4. The van der Waals surface area contributed by atoms with E-state index in [9.17, 15) is 24.6 Å². The Balaban J connectivity index is 2.02. The van der Waals surface area contributed by atoms with Crippen molar-refractivity contribution in [1.29, 1.82) is 0 Å². The van der Waals surface area contributed by atoms with Crippen LogP contribution in [-0.2, 0) is 54.8 Å². The van der Waals surface area contributed by atoms with E-state index in [1.165, 1.54) is 5.06 Å². The smallest absolute Gasteiger partial charge is 0.244 e. The molecule has 1 aromatic carbocycles. The van der Waals surface area contributed by atoms with E-state index in [2.05, 4.69) is 27.1 Å². The lowest BCUT2D eigenvalue weighted by Crippen LogP contribution is -2.58. The van der Waals surface area contributed by atoms with Crippen molar-refractivity contribution in [3.8, 4) is 5.75 Å². The average molecular weight is 857 g/mol. The van der Waals surface area contributed by atoms with E-state index >= 15 is 0 Å². The quantitative estimate of drug-likeness (QED) is 0.118. The topological polar surface area (TPSA) is 249 Å². The Morgan fingerprint density at radius 1 is 0.900 bits per heavy atom. The molecule has 0 aromatic heterocycles. The van der Waals surface area contributed by atoms with Gasteiger partial charge in [0.15, 0.2) is 37.4 Å². The number of carbonyl (C=O) groups is 3. The molecule has 3 unspecified atom stereocenters. The number of amides is 3. The molecule has 2 aliphatic heterocycles. The fourth-order valence-corrected chi connectivity index (χ4v) is 5.95. The number of nitrogens with two attached hydrogens (primary N) is 1. The van der Waals surface area contributed by atoms with Crippen molar-refractivity contribution in [1.82, 2.24) is 37.2 Å². The molecule has 2 aliphatic rings. The van der Waals surface area contributed by atoms with Crippen molar-refractivity contribution in [3.05, 3.63) is 29.8 Å². The Labute approximate surface area is 354 Å². The van der Waals surface area contributed by atoms with E-state index in [1.54, 1.807) is 57.1 Å². The van der Waals surface area contributed by atoms with Crippen LogP contribution in [0, 0.1) is 23.7 Å². The zero-order valence-corrected chi connectivity index (χ0v) is 36.9. The summed E-state index contributed by atoms with van der Waals surface area (Å²) < 4.78 is 0. The van der Waals surface area contributed by atoms with Gasteiger partial charge < -0.3 is 26.6 Å². The van der Waals surface area contributed by atoms with Crippen LogP contribution in [0.1, 0.15) is 113 Å². The maximum atomic E-state index is 13.8. The number of aliphatic hydroxyl groups excluding tert-OH is 1. The molecule has 60 heavy (non-hydrogen) atoms. The first-order valence-electron chi connectivity index (χ1n) is 21.2. The predicted molar refractivity (Wildman–Crippen MR) is 218 cm³/mol. The fourth-order valence-electron chi connectivity index (χ4n) is 5.95. The molecule has 9 N–H and O–H groups in total. The van der Waals surface area contributed by atoms with Gasteiger partial charge >= 0.3 is 0 Å². The second-order valence-corrected chi connectivity index (χ2v) is 16.4. The van der Waals surface area contributed by atoms with Gasteiger partial charge in [0.25, 0.3) is 0 Å². The molecule has 20 heteroatoms. The van der Waals surface area contributed by atoms with Crippen LogP contribution in [0.4, 0.5) is 0 Å². The van der Waals surface area contributed by atoms with Gasteiger partial charge in [-0.3, -0.25) is 38.6 Å². The van der Waals surface area contributed by atoms with Crippen LogP contribution in [0.15, 0.2) is 24.3 Å². The van der Waals surface area contributed by atoms with Crippen molar-refractivity contribution in [3.63, 3.8) is 0 Å². The molecule has 1 aromatic rings. The molecule has 2 heterocycles. The monoisotopic (exact) mass is 857 g/mol. The van der Waals surface area contributed by atoms with Gasteiger partial charge in [-0.2, -0.15) is 21.5 Å². The lowest BCUT2D eigenvalue weighted by Gasteiger charge is -2.44.